The van der Waals surface area contributed by atoms with Gasteiger partial charge in [0.1, 0.15) is 18.3 Å². The second-order valence-corrected chi connectivity index (χ2v) is 4.53. The van der Waals surface area contributed by atoms with Gasteiger partial charge in [-0.2, -0.15) is 0 Å². The van der Waals surface area contributed by atoms with Crippen molar-refractivity contribution in [2.75, 3.05) is 0 Å². The fourth-order valence-electron chi connectivity index (χ4n) is 2.20. The highest BCUT2D eigenvalue weighted by molar-refractivity contribution is 4.95. The van der Waals surface area contributed by atoms with Crippen LogP contribution in [0.15, 0.2) is 0 Å². The van der Waals surface area contributed by atoms with E-state index >= 15 is 0 Å². The lowest BCUT2D eigenvalue weighted by Crippen LogP contribution is -2.55. The molecule has 0 aromatic heterocycles. The predicted octanol–water partition coefficient (Wildman–Crippen LogP) is -0.00540. The molecule has 0 amide bonds. The summed E-state index contributed by atoms with van der Waals surface area (Å²) < 4.78 is 16.5. The Morgan fingerprint density at radius 2 is 1.73 bits per heavy atom. The Hall–Kier alpha value is -0.200. The van der Waals surface area contributed by atoms with E-state index in [1.54, 1.807) is 13.8 Å². The molecule has 0 unspecified atom stereocenters. The van der Waals surface area contributed by atoms with Crippen molar-refractivity contribution in [2.24, 2.45) is 0 Å². The number of aliphatic hydroxyl groups excluding tert-OH is 2. The molecule has 15 heavy (non-hydrogen) atoms. The monoisotopic (exact) mass is 218 g/mol. The Morgan fingerprint density at radius 3 is 2.33 bits per heavy atom. The number of rotatable bonds is 1. The Bertz CT molecular complexity index is 234. The maximum Gasteiger partial charge on any atom is 0.183 e. The smallest absolute Gasteiger partial charge is 0.183 e. The zero-order valence-corrected chi connectivity index (χ0v) is 9.21. The first kappa shape index (κ1) is 11.3. The van der Waals surface area contributed by atoms with Crippen molar-refractivity contribution < 1.29 is 24.4 Å². The molecule has 0 spiro atoms. The third-order valence-electron chi connectivity index (χ3n) is 2.88. The summed E-state index contributed by atoms with van der Waals surface area (Å²) in [5, 5.41) is 19.2. The fourth-order valence-corrected chi connectivity index (χ4v) is 2.20. The summed E-state index contributed by atoms with van der Waals surface area (Å²) in [6.45, 7) is 5.52. The average Bonchev–Trinajstić information content (AvgIpc) is 2.48. The van der Waals surface area contributed by atoms with E-state index < -0.39 is 24.3 Å². The molecule has 2 rings (SSSR count). The van der Waals surface area contributed by atoms with E-state index in [4.69, 9.17) is 14.2 Å². The fraction of sp³-hybridized carbons (Fsp3) is 1.00. The molecule has 0 saturated carbocycles. The Balaban J connectivity index is 2.18. The number of hydrogen-bond acceptors (Lipinski definition) is 5. The molecule has 2 aliphatic heterocycles. The van der Waals surface area contributed by atoms with Crippen molar-refractivity contribution in [3.05, 3.63) is 0 Å². The molecular weight excluding hydrogens is 200 g/mol. The van der Waals surface area contributed by atoms with Crippen LogP contribution >= 0.6 is 0 Å². The minimum Gasteiger partial charge on any atom is -0.385 e. The van der Waals surface area contributed by atoms with E-state index in [1.165, 1.54) is 0 Å². The van der Waals surface area contributed by atoms with Crippen LogP contribution in [0, 0.1) is 0 Å². The topological polar surface area (TPSA) is 68.2 Å². The van der Waals surface area contributed by atoms with Gasteiger partial charge < -0.3 is 24.4 Å². The van der Waals surface area contributed by atoms with E-state index in [1.807, 2.05) is 6.92 Å². The van der Waals surface area contributed by atoms with Crippen LogP contribution in [-0.4, -0.2) is 46.7 Å². The van der Waals surface area contributed by atoms with E-state index in [2.05, 4.69) is 0 Å². The van der Waals surface area contributed by atoms with Crippen LogP contribution in [0.3, 0.4) is 0 Å². The van der Waals surface area contributed by atoms with Gasteiger partial charge in [0.25, 0.3) is 0 Å². The lowest BCUT2D eigenvalue weighted by atomic mass is 9.97. The van der Waals surface area contributed by atoms with E-state index in [0.29, 0.717) is 6.42 Å². The van der Waals surface area contributed by atoms with Crippen molar-refractivity contribution in [2.45, 2.75) is 63.7 Å². The first-order valence-corrected chi connectivity index (χ1v) is 5.32. The summed E-state index contributed by atoms with van der Waals surface area (Å²) in [5.74, 6) is -0.725. The SMILES string of the molecule is CC[C@H]1O[C@H](O)[C@@H](O)[C@@H]2OC(C)(C)O[C@@H]21. The summed E-state index contributed by atoms with van der Waals surface area (Å²) in [7, 11) is 0. The maximum absolute atomic E-state index is 9.71. The van der Waals surface area contributed by atoms with Crippen LogP contribution in [0.25, 0.3) is 0 Å². The Kier molecular flexibility index (Phi) is 2.77. The highest BCUT2D eigenvalue weighted by Crippen LogP contribution is 2.37. The van der Waals surface area contributed by atoms with Gasteiger partial charge in [-0.15, -0.1) is 0 Å². The van der Waals surface area contributed by atoms with Gasteiger partial charge in [-0.05, 0) is 20.3 Å². The molecule has 0 aromatic carbocycles. The zero-order valence-electron chi connectivity index (χ0n) is 9.21. The molecule has 0 aromatic rings. The second kappa shape index (κ2) is 3.68. The molecule has 2 N–H and O–H groups in total. The van der Waals surface area contributed by atoms with Gasteiger partial charge in [-0.3, -0.25) is 0 Å². The molecule has 0 bridgehead atoms. The summed E-state index contributed by atoms with van der Waals surface area (Å²) in [5.41, 5.74) is 0. The Labute approximate surface area is 88.9 Å². The van der Waals surface area contributed by atoms with Gasteiger partial charge in [0.15, 0.2) is 12.1 Å². The van der Waals surface area contributed by atoms with E-state index in [-0.39, 0.29) is 12.2 Å². The van der Waals surface area contributed by atoms with E-state index in [9.17, 15) is 10.2 Å². The minimum atomic E-state index is -1.19. The summed E-state index contributed by atoms with van der Waals surface area (Å²) in [6, 6.07) is 0. The zero-order chi connectivity index (χ0) is 11.2. The molecule has 2 heterocycles. The van der Waals surface area contributed by atoms with Crippen LogP contribution in [0.4, 0.5) is 0 Å². The molecule has 2 fully saturated rings. The number of hydrogen-bond donors (Lipinski definition) is 2. The third-order valence-corrected chi connectivity index (χ3v) is 2.88. The van der Waals surface area contributed by atoms with Gasteiger partial charge in [-0.1, -0.05) is 6.92 Å². The van der Waals surface area contributed by atoms with Crippen molar-refractivity contribution in [1.29, 1.82) is 0 Å². The summed E-state index contributed by atoms with van der Waals surface area (Å²) in [6.07, 6.45) is -2.55. The number of fused-ring (bicyclic) bond motifs is 1. The molecule has 88 valence electrons. The molecule has 0 aliphatic carbocycles. The molecule has 2 aliphatic rings. The first-order chi connectivity index (χ1) is 6.94. The standard InChI is InChI=1S/C10H18O5/c1-4-5-7-8(6(11)9(12)13-5)15-10(2,3)14-7/h5-9,11-12H,4H2,1-3H3/t5-,6+,7-,8+,9+/m1/s1. The summed E-state index contributed by atoms with van der Waals surface area (Å²) >= 11 is 0. The average molecular weight is 218 g/mol. The van der Waals surface area contributed by atoms with E-state index in [0.717, 1.165) is 0 Å². The van der Waals surface area contributed by atoms with Gasteiger partial charge in [-0.25, -0.2) is 0 Å². The molecule has 5 atom stereocenters. The Morgan fingerprint density at radius 1 is 1.13 bits per heavy atom. The van der Waals surface area contributed by atoms with Crippen LogP contribution in [0.2, 0.25) is 0 Å². The molecule has 0 radical (unpaired) electrons. The van der Waals surface area contributed by atoms with Crippen LogP contribution in [0.1, 0.15) is 27.2 Å². The molecule has 5 nitrogen and oxygen atoms in total. The normalized spacial score (nSPS) is 49.0. The van der Waals surface area contributed by atoms with Crippen LogP contribution in [-0.2, 0) is 14.2 Å². The second-order valence-electron chi connectivity index (χ2n) is 4.53. The van der Waals surface area contributed by atoms with Gasteiger partial charge >= 0.3 is 0 Å². The highest BCUT2D eigenvalue weighted by atomic mass is 16.8. The number of aliphatic hydroxyl groups is 2. The quantitative estimate of drug-likeness (QED) is 0.648. The van der Waals surface area contributed by atoms with Gasteiger partial charge in [0.05, 0.1) is 6.10 Å². The minimum absolute atomic E-state index is 0.227. The third kappa shape index (κ3) is 1.90. The van der Waals surface area contributed by atoms with Crippen molar-refractivity contribution >= 4 is 0 Å². The van der Waals surface area contributed by atoms with Crippen LogP contribution < -0.4 is 0 Å². The van der Waals surface area contributed by atoms with Crippen molar-refractivity contribution in [3.63, 3.8) is 0 Å². The number of ether oxygens (including phenoxy) is 3. The predicted molar refractivity (Wildman–Crippen MR) is 51.0 cm³/mol. The molecular formula is C10H18O5. The lowest BCUT2D eigenvalue weighted by molar-refractivity contribution is -0.259. The highest BCUT2D eigenvalue weighted by Gasteiger charge is 2.53. The van der Waals surface area contributed by atoms with Crippen LogP contribution in [0.5, 0.6) is 0 Å². The largest absolute Gasteiger partial charge is 0.385 e. The van der Waals surface area contributed by atoms with Gasteiger partial charge in [0.2, 0.25) is 0 Å². The molecule has 5 heteroatoms. The molecule has 2 saturated heterocycles. The summed E-state index contributed by atoms with van der Waals surface area (Å²) in [4.78, 5) is 0. The van der Waals surface area contributed by atoms with Gasteiger partial charge in [0, 0.05) is 0 Å². The lowest BCUT2D eigenvalue weighted by Gasteiger charge is -2.37. The maximum atomic E-state index is 9.71. The first-order valence-electron chi connectivity index (χ1n) is 5.32. The van der Waals surface area contributed by atoms with Crippen molar-refractivity contribution in [3.8, 4) is 0 Å². The van der Waals surface area contributed by atoms with Crippen molar-refractivity contribution in [1.82, 2.24) is 0 Å².